The van der Waals surface area contributed by atoms with Crippen molar-refractivity contribution in [3.63, 3.8) is 0 Å². The summed E-state index contributed by atoms with van der Waals surface area (Å²) < 4.78 is 85.5. The molecule has 0 saturated heterocycles. The Labute approximate surface area is 196 Å². The summed E-state index contributed by atoms with van der Waals surface area (Å²) in [6.07, 6.45) is 0.949. The van der Waals surface area contributed by atoms with Gasteiger partial charge in [-0.05, 0) is 98.1 Å². The molecular weight excluding hydrogens is 454 g/mol. The van der Waals surface area contributed by atoms with Crippen molar-refractivity contribution >= 4 is 0 Å². The number of benzene rings is 2. The van der Waals surface area contributed by atoms with Crippen LogP contribution >= 0.6 is 0 Å². The third kappa shape index (κ3) is 5.72. The van der Waals surface area contributed by atoms with E-state index in [0.29, 0.717) is 18.1 Å². The van der Waals surface area contributed by atoms with E-state index in [9.17, 15) is 26.3 Å². The van der Waals surface area contributed by atoms with Crippen molar-refractivity contribution in [2.24, 2.45) is 17.8 Å². The van der Waals surface area contributed by atoms with Gasteiger partial charge in [-0.25, -0.2) is 4.39 Å². The fourth-order valence-electron chi connectivity index (χ4n) is 5.62. The standard InChI is InChI=1S/C27H30F6O/c1-17-2-4-18(5-3-17)19-6-8-20(9-7-19)21-10-13-23(14-11-21)34-27(32,33)22-12-15-24(25(28)16-22)26(29,30)31/h10-20H,2-9H2,1H3. The second kappa shape index (κ2) is 9.82. The van der Waals surface area contributed by atoms with Crippen LogP contribution in [0.4, 0.5) is 26.3 Å². The van der Waals surface area contributed by atoms with Gasteiger partial charge in [0.15, 0.2) is 0 Å². The summed E-state index contributed by atoms with van der Waals surface area (Å²) in [6.45, 7) is 2.33. The van der Waals surface area contributed by atoms with Crippen LogP contribution < -0.4 is 4.74 Å². The first kappa shape index (κ1) is 24.9. The molecule has 2 fully saturated rings. The molecule has 0 amide bonds. The highest BCUT2D eigenvalue weighted by Gasteiger charge is 2.39. The van der Waals surface area contributed by atoms with E-state index in [1.165, 1.54) is 50.7 Å². The summed E-state index contributed by atoms with van der Waals surface area (Å²) in [5.74, 6) is 0.969. The lowest BCUT2D eigenvalue weighted by Gasteiger charge is -2.37. The Balaban J connectivity index is 1.35. The first-order chi connectivity index (χ1) is 16.0. The van der Waals surface area contributed by atoms with Gasteiger partial charge in [-0.15, -0.1) is 0 Å². The number of halogens is 6. The van der Waals surface area contributed by atoms with Gasteiger partial charge in [0.25, 0.3) is 0 Å². The molecule has 0 atom stereocenters. The zero-order valence-electron chi connectivity index (χ0n) is 19.2. The van der Waals surface area contributed by atoms with Gasteiger partial charge < -0.3 is 4.74 Å². The second-order valence-electron chi connectivity index (χ2n) is 10.0. The summed E-state index contributed by atoms with van der Waals surface area (Å²) in [4.78, 5) is 0. The largest absolute Gasteiger partial charge is 0.429 e. The molecule has 2 aromatic rings. The molecule has 7 heteroatoms. The van der Waals surface area contributed by atoms with Crippen LogP contribution in [-0.4, -0.2) is 0 Å². The topological polar surface area (TPSA) is 9.23 Å². The number of hydrogen-bond donors (Lipinski definition) is 0. The van der Waals surface area contributed by atoms with Gasteiger partial charge in [0.1, 0.15) is 11.6 Å². The summed E-state index contributed by atoms with van der Waals surface area (Å²) in [5, 5.41) is 0. The van der Waals surface area contributed by atoms with Crippen LogP contribution in [0.15, 0.2) is 42.5 Å². The number of alkyl halides is 5. The number of rotatable bonds is 5. The van der Waals surface area contributed by atoms with Gasteiger partial charge in [-0.1, -0.05) is 31.9 Å². The molecule has 0 aliphatic heterocycles. The lowest BCUT2D eigenvalue weighted by atomic mass is 9.68. The zero-order valence-corrected chi connectivity index (χ0v) is 19.2. The quantitative estimate of drug-likeness (QED) is 0.385. The molecule has 0 spiro atoms. The van der Waals surface area contributed by atoms with Crippen molar-refractivity contribution in [2.75, 3.05) is 0 Å². The Morgan fingerprint density at radius 1 is 0.735 bits per heavy atom. The van der Waals surface area contributed by atoms with Crippen molar-refractivity contribution < 1.29 is 31.1 Å². The van der Waals surface area contributed by atoms with Gasteiger partial charge in [0, 0.05) is 0 Å². The van der Waals surface area contributed by atoms with E-state index in [0.717, 1.165) is 36.2 Å². The SMILES string of the molecule is CC1CCC(C2CCC(c3ccc(OC(F)(F)c4ccc(C(F)(F)F)c(F)c4)cc3)CC2)CC1. The monoisotopic (exact) mass is 484 g/mol. The third-order valence-electron chi connectivity index (χ3n) is 7.71. The average Bonchev–Trinajstić information content (AvgIpc) is 2.79. The Kier molecular flexibility index (Phi) is 7.20. The smallest absolute Gasteiger partial charge is 0.426 e. The maximum absolute atomic E-state index is 14.5. The summed E-state index contributed by atoms with van der Waals surface area (Å²) in [6, 6.07) is 7.43. The Morgan fingerprint density at radius 3 is 1.82 bits per heavy atom. The summed E-state index contributed by atoms with van der Waals surface area (Å²) in [5.41, 5.74) is -1.49. The van der Waals surface area contributed by atoms with Crippen molar-refractivity contribution in [1.29, 1.82) is 0 Å². The minimum absolute atomic E-state index is 0.126. The molecule has 2 aliphatic rings. The lowest BCUT2D eigenvalue weighted by molar-refractivity contribution is -0.186. The molecule has 2 aliphatic carbocycles. The first-order valence-corrected chi connectivity index (χ1v) is 12.1. The molecule has 0 unspecified atom stereocenters. The van der Waals surface area contributed by atoms with Gasteiger partial charge in [0.2, 0.25) is 0 Å². The molecular formula is C27H30F6O. The molecule has 1 nitrogen and oxygen atoms in total. The van der Waals surface area contributed by atoms with Gasteiger partial charge in [-0.3, -0.25) is 0 Å². The Hall–Kier alpha value is -2.18. The normalized spacial score (nSPS) is 26.3. The molecule has 0 bridgehead atoms. The number of ether oxygens (including phenoxy) is 1. The second-order valence-corrected chi connectivity index (χ2v) is 10.0. The van der Waals surface area contributed by atoms with Gasteiger partial charge in [0.05, 0.1) is 11.1 Å². The lowest BCUT2D eigenvalue weighted by Crippen LogP contribution is -2.24. The van der Waals surface area contributed by atoms with Crippen LogP contribution in [0.5, 0.6) is 5.75 Å². The highest BCUT2D eigenvalue weighted by molar-refractivity contribution is 5.32. The average molecular weight is 485 g/mol. The fourth-order valence-corrected chi connectivity index (χ4v) is 5.62. The van der Waals surface area contributed by atoms with Gasteiger partial charge >= 0.3 is 12.3 Å². The van der Waals surface area contributed by atoms with E-state index >= 15 is 0 Å². The molecule has 0 radical (unpaired) electrons. The first-order valence-electron chi connectivity index (χ1n) is 12.1. The molecule has 0 heterocycles. The minimum atomic E-state index is -4.96. The van der Waals surface area contributed by atoms with E-state index in [4.69, 9.17) is 4.74 Å². The van der Waals surface area contributed by atoms with E-state index in [-0.39, 0.29) is 11.8 Å². The van der Waals surface area contributed by atoms with E-state index in [2.05, 4.69) is 6.92 Å². The van der Waals surface area contributed by atoms with Crippen LogP contribution in [-0.2, 0) is 12.3 Å². The Bertz CT molecular complexity index is 952. The van der Waals surface area contributed by atoms with Crippen molar-refractivity contribution in [3.8, 4) is 5.75 Å². The van der Waals surface area contributed by atoms with E-state index in [1.807, 2.05) is 0 Å². The van der Waals surface area contributed by atoms with Crippen LogP contribution in [0.3, 0.4) is 0 Å². The molecule has 2 aromatic carbocycles. The van der Waals surface area contributed by atoms with Crippen LogP contribution in [0, 0.1) is 23.6 Å². The van der Waals surface area contributed by atoms with Crippen molar-refractivity contribution in [3.05, 3.63) is 65.0 Å². The van der Waals surface area contributed by atoms with Crippen LogP contribution in [0.1, 0.15) is 80.9 Å². The highest BCUT2D eigenvalue weighted by atomic mass is 19.4. The molecule has 186 valence electrons. The maximum Gasteiger partial charge on any atom is 0.426 e. The minimum Gasteiger partial charge on any atom is -0.429 e. The third-order valence-corrected chi connectivity index (χ3v) is 7.71. The molecule has 2 saturated carbocycles. The van der Waals surface area contributed by atoms with E-state index in [1.54, 1.807) is 12.1 Å². The molecule has 4 rings (SSSR count). The predicted molar refractivity (Wildman–Crippen MR) is 118 cm³/mol. The summed E-state index contributed by atoms with van der Waals surface area (Å²) >= 11 is 0. The molecule has 34 heavy (non-hydrogen) atoms. The summed E-state index contributed by atoms with van der Waals surface area (Å²) in [7, 11) is 0. The fraction of sp³-hybridized carbons (Fsp3) is 0.556. The number of hydrogen-bond acceptors (Lipinski definition) is 1. The Morgan fingerprint density at radius 2 is 1.29 bits per heavy atom. The predicted octanol–water partition coefficient (Wildman–Crippen LogP) is 9.07. The van der Waals surface area contributed by atoms with Crippen molar-refractivity contribution in [1.82, 2.24) is 0 Å². The maximum atomic E-state index is 14.5. The highest BCUT2D eigenvalue weighted by Crippen LogP contribution is 2.44. The van der Waals surface area contributed by atoms with E-state index < -0.39 is 29.2 Å². The van der Waals surface area contributed by atoms with Crippen LogP contribution in [0.25, 0.3) is 0 Å². The van der Waals surface area contributed by atoms with Crippen LogP contribution in [0.2, 0.25) is 0 Å². The molecule has 0 N–H and O–H groups in total. The van der Waals surface area contributed by atoms with Gasteiger partial charge in [-0.2, -0.15) is 22.0 Å². The zero-order chi connectivity index (χ0) is 24.5. The molecule has 0 aromatic heterocycles. The van der Waals surface area contributed by atoms with Crippen molar-refractivity contribution in [2.45, 2.75) is 76.5 Å².